The number of H-pyrrole nitrogens is 1. The van der Waals surface area contributed by atoms with Gasteiger partial charge in [-0.25, -0.2) is 0 Å². The van der Waals surface area contributed by atoms with E-state index in [2.05, 4.69) is 58.1 Å². The molecule has 0 saturated heterocycles. The van der Waals surface area contributed by atoms with Crippen molar-refractivity contribution in [3.63, 3.8) is 0 Å². The van der Waals surface area contributed by atoms with Crippen LogP contribution in [0.25, 0.3) is 34.0 Å². The number of methoxy groups -OCH3 is 1. The lowest BCUT2D eigenvalue weighted by atomic mass is 10.1. The fraction of sp³-hybridized carbons (Fsp3) is 0.174. The van der Waals surface area contributed by atoms with Crippen LogP contribution in [0, 0.1) is 0 Å². The zero-order valence-corrected chi connectivity index (χ0v) is 15.4. The van der Waals surface area contributed by atoms with E-state index in [0.717, 1.165) is 40.0 Å². The minimum absolute atomic E-state index is 0.172. The molecule has 0 bridgehead atoms. The van der Waals surface area contributed by atoms with E-state index >= 15 is 0 Å². The maximum absolute atomic E-state index is 9.32. The molecule has 0 saturated carbocycles. The van der Waals surface area contributed by atoms with Gasteiger partial charge in [-0.05, 0) is 35.9 Å². The van der Waals surface area contributed by atoms with Crippen molar-refractivity contribution >= 4 is 34.0 Å². The van der Waals surface area contributed by atoms with Crippen LogP contribution in [-0.2, 0) is 6.54 Å². The normalized spacial score (nSPS) is 11.6. The number of aliphatic hydroxyl groups excluding tert-OH is 1. The monoisotopic (exact) mass is 359 g/mol. The van der Waals surface area contributed by atoms with Gasteiger partial charge in [-0.1, -0.05) is 18.2 Å². The van der Waals surface area contributed by atoms with Crippen molar-refractivity contribution < 1.29 is 14.4 Å². The molecule has 0 amide bonds. The van der Waals surface area contributed by atoms with E-state index in [4.69, 9.17) is 4.74 Å². The summed E-state index contributed by atoms with van der Waals surface area (Å²) in [5, 5.41) is 11.6. The van der Waals surface area contributed by atoms with Gasteiger partial charge < -0.3 is 14.8 Å². The van der Waals surface area contributed by atoms with E-state index < -0.39 is 0 Å². The highest BCUT2D eigenvalue weighted by Gasteiger charge is 2.14. The highest BCUT2D eigenvalue weighted by atomic mass is 16.5. The highest BCUT2D eigenvalue weighted by molar-refractivity contribution is 5.91. The number of aliphatic hydroxyl groups is 1. The zero-order valence-electron chi connectivity index (χ0n) is 15.4. The fourth-order valence-corrected chi connectivity index (χ4v) is 3.47. The molecule has 4 aromatic rings. The summed E-state index contributed by atoms with van der Waals surface area (Å²) in [5.41, 5.74) is 4.53. The van der Waals surface area contributed by atoms with Gasteiger partial charge in [0.05, 0.1) is 12.5 Å². The average Bonchev–Trinajstić information content (AvgIpc) is 3.13. The Balaban J connectivity index is 1.77. The lowest BCUT2D eigenvalue weighted by Gasteiger charge is -2.06. The number of aromatic nitrogens is 2. The molecule has 4 rings (SSSR count). The molecule has 0 atom stereocenters. The van der Waals surface area contributed by atoms with Gasteiger partial charge in [-0.3, -0.25) is 0 Å². The lowest BCUT2D eigenvalue weighted by molar-refractivity contribution is -0.673. The molecule has 0 spiro atoms. The van der Waals surface area contributed by atoms with E-state index in [-0.39, 0.29) is 6.61 Å². The SMILES string of the molecule is COc1ccc2c(ccc(/C=C/c3c[nH]c4ccccc34)[n+]2CCCO)c1. The van der Waals surface area contributed by atoms with Crippen molar-refractivity contribution in [2.75, 3.05) is 13.7 Å². The Morgan fingerprint density at radius 1 is 1.07 bits per heavy atom. The van der Waals surface area contributed by atoms with Crippen molar-refractivity contribution in [1.29, 1.82) is 0 Å². The molecule has 0 aliphatic carbocycles. The minimum atomic E-state index is 0.172. The van der Waals surface area contributed by atoms with Gasteiger partial charge in [-0.2, -0.15) is 4.57 Å². The number of aryl methyl sites for hydroxylation is 1. The summed E-state index contributed by atoms with van der Waals surface area (Å²) in [6, 6.07) is 18.6. The van der Waals surface area contributed by atoms with Crippen LogP contribution in [-0.4, -0.2) is 23.8 Å². The second-order valence-corrected chi connectivity index (χ2v) is 6.53. The first-order valence-electron chi connectivity index (χ1n) is 9.16. The van der Waals surface area contributed by atoms with Crippen LogP contribution < -0.4 is 9.30 Å². The van der Waals surface area contributed by atoms with Crippen LogP contribution in [0.2, 0.25) is 0 Å². The maximum Gasteiger partial charge on any atom is 0.213 e. The van der Waals surface area contributed by atoms with Crippen LogP contribution >= 0.6 is 0 Å². The van der Waals surface area contributed by atoms with Crippen molar-refractivity contribution in [2.45, 2.75) is 13.0 Å². The predicted molar refractivity (Wildman–Crippen MR) is 110 cm³/mol. The van der Waals surface area contributed by atoms with Crippen molar-refractivity contribution in [1.82, 2.24) is 4.98 Å². The second kappa shape index (κ2) is 7.64. The van der Waals surface area contributed by atoms with E-state index in [1.54, 1.807) is 7.11 Å². The molecule has 0 aliphatic heterocycles. The Hall–Kier alpha value is -3.11. The summed E-state index contributed by atoms with van der Waals surface area (Å²) in [6.07, 6.45) is 7.02. The number of aromatic amines is 1. The highest BCUT2D eigenvalue weighted by Crippen LogP contribution is 2.22. The summed E-state index contributed by atoms with van der Waals surface area (Å²) in [5.74, 6) is 0.846. The Bertz CT molecular complexity index is 1110. The van der Waals surface area contributed by atoms with Crippen LogP contribution in [0.5, 0.6) is 5.75 Å². The molecule has 0 radical (unpaired) electrons. The Morgan fingerprint density at radius 2 is 1.96 bits per heavy atom. The fourth-order valence-electron chi connectivity index (χ4n) is 3.47. The van der Waals surface area contributed by atoms with Crippen molar-refractivity contribution in [3.8, 4) is 5.75 Å². The van der Waals surface area contributed by atoms with E-state index in [9.17, 15) is 5.11 Å². The molecule has 2 aromatic heterocycles. The molecule has 0 fully saturated rings. The van der Waals surface area contributed by atoms with Gasteiger partial charge in [0, 0.05) is 48.3 Å². The Labute approximate surface area is 158 Å². The first-order valence-corrected chi connectivity index (χ1v) is 9.16. The number of benzene rings is 2. The van der Waals surface area contributed by atoms with Crippen LogP contribution in [0.15, 0.2) is 60.8 Å². The number of nitrogens with zero attached hydrogens (tertiary/aromatic N) is 1. The molecular weight excluding hydrogens is 336 g/mol. The average molecular weight is 359 g/mol. The number of ether oxygens (including phenoxy) is 1. The lowest BCUT2D eigenvalue weighted by Crippen LogP contribution is -2.38. The van der Waals surface area contributed by atoms with E-state index in [1.807, 2.05) is 24.4 Å². The standard InChI is InChI=1S/C23H22N2O2/c1-27-20-11-12-23-17(15-20)7-9-19(25(23)13-4-14-26)10-8-18-16-24-22-6-3-2-5-21(18)22/h2-3,5-12,15-16,26H,4,13-14H2,1H3/p+1. The summed E-state index contributed by atoms with van der Waals surface area (Å²) in [7, 11) is 1.68. The quantitative estimate of drug-likeness (QED) is 0.508. The van der Waals surface area contributed by atoms with Gasteiger partial charge in [0.1, 0.15) is 5.75 Å². The number of fused-ring (bicyclic) bond motifs is 2. The van der Waals surface area contributed by atoms with Crippen LogP contribution in [0.1, 0.15) is 17.7 Å². The number of hydrogen-bond acceptors (Lipinski definition) is 2. The topological polar surface area (TPSA) is 49.1 Å². The molecule has 136 valence electrons. The predicted octanol–water partition coefficient (Wildman–Crippen LogP) is 4.17. The summed E-state index contributed by atoms with van der Waals surface area (Å²) in [6.45, 7) is 0.929. The van der Waals surface area contributed by atoms with E-state index in [0.29, 0.717) is 6.42 Å². The number of nitrogens with one attached hydrogen (secondary N) is 1. The van der Waals surface area contributed by atoms with Crippen LogP contribution in [0.3, 0.4) is 0 Å². The molecule has 0 aliphatic rings. The third-order valence-corrected chi connectivity index (χ3v) is 4.87. The molecule has 2 N–H and O–H groups in total. The molecular formula is C23H23N2O2+. The molecule has 2 heterocycles. The van der Waals surface area contributed by atoms with Crippen molar-refractivity contribution in [2.24, 2.45) is 0 Å². The maximum atomic E-state index is 9.32. The summed E-state index contributed by atoms with van der Waals surface area (Å²) >= 11 is 0. The van der Waals surface area contributed by atoms with Gasteiger partial charge in [0.15, 0.2) is 6.54 Å². The third-order valence-electron chi connectivity index (χ3n) is 4.87. The minimum Gasteiger partial charge on any atom is -0.497 e. The van der Waals surface area contributed by atoms with E-state index in [1.165, 1.54) is 5.39 Å². The van der Waals surface area contributed by atoms with Crippen LogP contribution in [0.4, 0.5) is 0 Å². The van der Waals surface area contributed by atoms with Gasteiger partial charge in [0.25, 0.3) is 0 Å². The Kier molecular flexibility index (Phi) is 4.90. The number of rotatable bonds is 6. The zero-order chi connectivity index (χ0) is 18.6. The smallest absolute Gasteiger partial charge is 0.213 e. The number of hydrogen-bond donors (Lipinski definition) is 2. The first-order chi connectivity index (χ1) is 13.3. The van der Waals surface area contributed by atoms with Gasteiger partial charge >= 0.3 is 0 Å². The molecule has 4 nitrogen and oxygen atoms in total. The summed E-state index contributed by atoms with van der Waals surface area (Å²) in [4.78, 5) is 3.31. The number of para-hydroxylation sites is 1. The second-order valence-electron chi connectivity index (χ2n) is 6.53. The molecule has 4 heteroatoms. The molecule has 0 unspecified atom stereocenters. The van der Waals surface area contributed by atoms with Gasteiger partial charge in [0.2, 0.25) is 11.2 Å². The largest absolute Gasteiger partial charge is 0.497 e. The number of pyridine rings is 1. The van der Waals surface area contributed by atoms with Crippen molar-refractivity contribution in [3.05, 3.63) is 72.1 Å². The third kappa shape index (κ3) is 3.44. The Morgan fingerprint density at radius 3 is 2.81 bits per heavy atom. The first kappa shape index (κ1) is 17.3. The molecule has 27 heavy (non-hydrogen) atoms. The summed E-state index contributed by atoms with van der Waals surface area (Å²) < 4.78 is 7.59. The van der Waals surface area contributed by atoms with Gasteiger partial charge in [-0.15, -0.1) is 0 Å². The molecule has 2 aromatic carbocycles.